The molecule has 7 rings (SSSR count). The Morgan fingerprint density at radius 1 is 1.15 bits per heavy atom. The summed E-state index contributed by atoms with van der Waals surface area (Å²) in [7, 11) is 1.75. The SMILES string of the molecule is CCn1c(-c2cccnc2[C@H](C)OC)c2c3cc(ccc31)-c1cccc(c1)C[C@H](N)C(=O)N1CCC[C@H](N1)C1=CN([I-]CN1)C(C)(C)C2. The van der Waals surface area contributed by atoms with E-state index in [-0.39, 0.29) is 45.1 Å². The van der Waals surface area contributed by atoms with E-state index in [9.17, 15) is 4.79 Å². The minimum absolute atomic E-state index is 0.0355. The predicted molar refractivity (Wildman–Crippen MR) is 187 cm³/mol. The summed E-state index contributed by atoms with van der Waals surface area (Å²) in [6, 6.07) is 19.0. The van der Waals surface area contributed by atoms with Crippen LogP contribution in [0.25, 0.3) is 33.3 Å². The van der Waals surface area contributed by atoms with Gasteiger partial charge in [0.1, 0.15) is 0 Å². The Kier molecular flexibility index (Phi) is 9.27. The van der Waals surface area contributed by atoms with Crippen molar-refractivity contribution in [2.75, 3.05) is 18.2 Å². The summed E-state index contributed by atoms with van der Waals surface area (Å²) in [6.07, 6.45) is 7.28. The van der Waals surface area contributed by atoms with Crippen LogP contribution in [0, 0.1) is 0 Å². The second-order valence-electron chi connectivity index (χ2n) is 13.8. The molecule has 4 aromatic rings. The van der Waals surface area contributed by atoms with Crippen molar-refractivity contribution in [2.24, 2.45) is 5.73 Å². The van der Waals surface area contributed by atoms with E-state index in [4.69, 9.17) is 15.5 Å². The average molecular weight is 761 g/mol. The van der Waals surface area contributed by atoms with Crippen LogP contribution >= 0.6 is 0 Å². The van der Waals surface area contributed by atoms with Crippen molar-refractivity contribution in [3.8, 4) is 22.4 Å². The second kappa shape index (κ2) is 13.5. The maximum absolute atomic E-state index is 13.6. The Hall–Kier alpha value is -3.45. The van der Waals surface area contributed by atoms with Crippen molar-refractivity contribution in [1.29, 1.82) is 0 Å². The summed E-state index contributed by atoms with van der Waals surface area (Å²) in [5.41, 5.74) is 20.3. The van der Waals surface area contributed by atoms with Gasteiger partial charge in [-0.15, -0.1) is 0 Å². The van der Waals surface area contributed by atoms with E-state index in [1.54, 1.807) is 12.1 Å². The number of methoxy groups -OCH3 is 1. The summed E-state index contributed by atoms with van der Waals surface area (Å²) in [5, 5.41) is 6.73. The van der Waals surface area contributed by atoms with Crippen LogP contribution in [0.5, 0.6) is 0 Å². The van der Waals surface area contributed by atoms with E-state index in [1.807, 2.05) is 12.3 Å². The number of carbonyl (C=O) groups excluding carboxylic acids is 1. The first-order valence-corrected chi connectivity index (χ1v) is 19.6. The van der Waals surface area contributed by atoms with Crippen LogP contribution in [0.2, 0.25) is 0 Å². The van der Waals surface area contributed by atoms with Crippen LogP contribution in [0.15, 0.2) is 72.7 Å². The number of benzene rings is 2. The third-order valence-corrected chi connectivity index (χ3v) is 13.1. The average Bonchev–Trinajstić information content (AvgIpc) is 3.42. The van der Waals surface area contributed by atoms with Gasteiger partial charge >= 0.3 is 296 Å². The molecular formula is C38H47IN7O2-. The number of aromatic nitrogens is 2. The third kappa shape index (κ3) is 6.12. The number of ether oxygens (including phenoxy) is 1. The van der Waals surface area contributed by atoms with Gasteiger partial charge in [0.05, 0.1) is 0 Å². The zero-order chi connectivity index (χ0) is 33.6. The van der Waals surface area contributed by atoms with Crippen molar-refractivity contribution in [3.05, 3.63) is 89.5 Å². The quantitative estimate of drug-likeness (QED) is 0.127. The summed E-state index contributed by atoms with van der Waals surface area (Å²) in [6.45, 7) is 10.6. The Morgan fingerprint density at radius 3 is 2.79 bits per heavy atom. The molecule has 0 aliphatic carbocycles. The maximum atomic E-state index is 13.6. The number of hydrogen-bond acceptors (Lipinski definition) is 7. The monoisotopic (exact) mass is 760 g/mol. The molecule has 9 nitrogen and oxygen atoms in total. The number of amides is 1. The van der Waals surface area contributed by atoms with Gasteiger partial charge in [-0.3, -0.25) is 0 Å². The topological polar surface area (TPSA) is 101 Å². The van der Waals surface area contributed by atoms with Gasteiger partial charge in [-0.05, 0) is 0 Å². The van der Waals surface area contributed by atoms with Crippen molar-refractivity contribution >= 4 is 16.8 Å². The van der Waals surface area contributed by atoms with Crippen molar-refractivity contribution in [2.45, 2.75) is 83.6 Å². The first kappa shape index (κ1) is 33.1. The molecule has 254 valence electrons. The second-order valence-corrected chi connectivity index (χ2v) is 16.2. The van der Waals surface area contributed by atoms with E-state index in [1.165, 1.54) is 22.2 Å². The molecular weight excluding hydrogens is 713 g/mol. The van der Waals surface area contributed by atoms with Crippen LogP contribution in [-0.4, -0.2) is 59.4 Å². The molecule has 5 heterocycles. The van der Waals surface area contributed by atoms with Gasteiger partial charge in [0.15, 0.2) is 0 Å². The molecule has 3 aliphatic rings. The zero-order valence-electron chi connectivity index (χ0n) is 28.6. The third-order valence-electron chi connectivity index (χ3n) is 10.1. The number of carbonyl (C=O) groups is 1. The molecule has 2 aromatic carbocycles. The van der Waals surface area contributed by atoms with Crippen LogP contribution in [0.3, 0.4) is 0 Å². The van der Waals surface area contributed by atoms with Gasteiger partial charge in [0.2, 0.25) is 0 Å². The number of fused-ring (bicyclic) bond motifs is 8. The van der Waals surface area contributed by atoms with Crippen LogP contribution in [0.4, 0.5) is 0 Å². The fourth-order valence-corrected chi connectivity index (χ4v) is 10.1. The molecule has 48 heavy (non-hydrogen) atoms. The molecule has 0 spiro atoms. The van der Waals surface area contributed by atoms with E-state index in [0.717, 1.165) is 64.0 Å². The summed E-state index contributed by atoms with van der Waals surface area (Å²) < 4.78 is 11.9. The Morgan fingerprint density at radius 2 is 1.98 bits per heavy atom. The van der Waals surface area contributed by atoms with Gasteiger partial charge < -0.3 is 0 Å². The van der Waals surface area contributed by atoms with E-state index in [0.29, 0.717) is 13.0 Å². The molecule has 0 saturated carbocycles. The molecule has 3 aliphatic heterocycles. The number of nitrogens with one attached hydrogen (secondary N) is 2. The van der Waals surface area contributed by atoms with Gasteiger partial charge in [-0.25, -0.2) is 0 Å². The molecule has 8 bridgehead atoms. The van der Waals surface area contributed by atoms with Crippen LogP contribution < -0.4 is 38.0 Å². The van der Waals surface area contributed by atoms with E-state index < -0.39 is 6.04 Å². The molecule has 10 heteroatoms. The Balaban J connectivity index is 1.46. The Bertz CT molecular complexity index is 1870. The molecule has 4 N–H and O–H groups in total. The van der Waals surface area contributed by atoms with Gasteiger partial charge in [0, 0.05) is 0 Å². The fraction of sp³-hybridized carbons (Fsp3) is 0.421. The fourth-order valence-electron chi connectivity index (χ4n) is 7.49. The summed E-state index contributed by atoms with van der Waals surface area (Å²) in [4.78, 5) is 18.5. The number of nitrogens with zero attached hydrogens (tertiary/aromatic N) is 4. The van der Waals surface area contributed by atoms with E-state index >= 15 is 0 Å². The van der Waals surface area contributed by atoms with Crippen molar-refractivity contribution in [3.63, 3.8) is 0 Å². The number of hydrazine groups is 1. The van der Waals surface area contributed by atoms with E-state index in [2.05, 4.69) is 101 Å². The number of alkyl halides is 1. The van der Waals surface area contributed by atoms with Crippen molar-refractivity contribution in [1.82, 2.24) is 28.4 Å². The predicted octanol–water partition coefficient (Wildman–Crippen LogP) is 2.51. The first-order valence-electron chi connectivity index (χ1n) is 17.1. The molecule has 2 aromatic heterocycles. The van der Waals surface area contributed by atoms with Gasteiger partial charge in [-0.1, -0.05) is 0 Å². The minimum atomic E-state index is -0.627. The number of hydrogen-bond donors (Lipinski definition) is 3. The number of nitrogens with two attached hydrogens (primary N) is 1. The standard InChI is InChI=1S/C38H47IN7O2/c1-6-44-34-15-14-27-20-29(34)30(36(44)28-12-8-16-41-35(28)24(2)48-5)21-38(3,4)46-22-33(42-23-39-46)32-13-9-17-45(43-32)37(47)31(40)19-25-10-7-11-26(27)18-25/h7-8,10-12,14-16,18,20,22,24,31-32,42-43H,6,9,13,17,19,21,23,40H2,1-5H3/q-1/t24-,31-,32-/m0/s1. The first-order chi connectivity index (χ1) is 23.2. The molecule has 1 fully saturated rings. The van der Waals surface area contributed by atoms with Crippen molar-refractivity contribution < 1.29 is 31.0 Å². The molecule has 1 saturated heterocycles. The number of halogens is 1. The summed E-state index contributed by atoms with van der Waals surface area (Å²) in [5.74, 6) is -0.0516. The number of rotatable bonds is 4. The molecule has 0 unspecified atom stereocenters. The number of pyridine rings is 1. The molecule has 3 atom stereocenters. The number of aryl methyl sites for hydroxylation is 1. The normalized spacial score (nSPS) is 22.0. The van der Waals surface area contributed by atoms with Gasteiger partial charge in [-0.2, -0.15) is 0 Å². The molecule has 1 amide bonds. The van der Waals surface area contributed by atoms with Crippen LogP contribution in [0.1, 0.15) is 63.5 Å². The molecule has 0 radical (unpaired) electrons. The summed E-state index contributed by atoms with van der Waals surface area (Å²) >= 11 is -0.307. The van der Waals surface area contributed by atoms with Crippen LogP contribution in [-0.2, 0) is 28.9 Å². The Labute approximate surface area is 294 Å². The van der Waals surface area contributed by atoms with Gasteiger partial charge in [0.25, 0.3) is 0 Å². The zero-order valence-corrected chi connectivity index (χ0v) is 30.8.